The van der Waals surface area contributed by atoms with E-state index in [4.69, 9.17) is 11.0 Å². The van der Waals surface area contributed by atoms with Crippen LogP contribution >= 0.6 is 0 Å². The second kappa shape index (κ2) is 8.27. The number of aromatic nitrogens is 2. The number of nitrogens with two attached hydrogens (primary N) is 1. The maximum Gasteiger partial charge on any atom is 0.254 e. The summed E-state index contributed by atoms with van der Waals surface area (Å²) >= 11 is 0. The molecule has 8 heteroatoms. The molecule has 1 fully saturated rings. The van der Waals surface area contributed by atoms with Crippen LogP contribution in [-0.4, -0.2) is 57.8 Å². The van der Waals surface area contributed by atoms with Gasteiger partial charge in [-0.05, 0) is 24.5 Å². The van der Waals surface area contributed by atoms with E-state index in [0.717, 1.165) is 0 Å². The summed E-state index contributed by atoms with van der Waals surface area (Å²) in [6, 6.07) is 8.41. The quantitative estimate of drug-likeness (QED) is 0.850. The van der Waals surface area contributed by atoms with Crippen molar-refractivity contribution in [3.05, 3.63) is 41.7 Å². The van der Waals surface area contributed by atoms with Gasteiger partial charge in [-0.15, -0.1) is 0 Å². The maximum absolute atomic E-state index is 13.2. The Morgan fingerprint density at radius 1 is 1.38 bits per heavy atom. The first-order valence-electron chi connectivity index (χ1n) is 9.50. The molecule has 2 heterocycles. The predicted molar refractivity (Wildman–Crippen MR) is 109 cm³/mol. The van der Waals surface area contributed by atoms with Crippen LogP contribution in [0.2, 0.25) is 0 Å². The Hall–Kier alpha value is -3.47. The largest absolute Gasteiger partial charge is 0.381 e. The van der Waals surface area contributed by atoms with Gasteiger partial charge in [0, 0.05) is 31.3 Å². The molecule has 150 valence electrons. The molecule has 1 aromatic heterocycles. The van der Waals surface area contributed by atoms with E-state index in [9.17, 15) is 9.59 Å². The smallest absolute Gasteiger partial charge is 0.254 e. The minimum Gasteiger partial charge on any atom is -0.381 e. The van der Waals surface area contributed by atoms with E-state index in [1.807, 2.05) is 19.9 Å². The van der Waals surface area contributed by atoms with E-state index in [-0.39, 0.29) is 29.2 Å². The lowest BCUT2D eigenvalue weighted by Crippen LogP contribution is -2.57. The zero-order chi connectivity index (χ0) is 21.1. The molecule has 1 unspecified atom stereocenters. The van der Waals surface area contributed by atoms with Crippen LogP contribution < -0.4 is 5.73 Å². The zero-order valence-corrected chi connectivity index (χ0v) is 16.8. The highest BCUT2D eigenvalue weighted by molar-refractivity contribution is 5.99. The Morgan fingerprint density at radius 3 is 2.79 bits per heavy atom. The summed E-state index contributed by atoms with van der Waals surface area (Å²) in [6.07, 6.45) is 2.08. The second-order valence-electron chi connectivity index (χ2n) is 7.59. The van der Waals surface area contributed by atoms with Crippen molar-refractivity contribution in [3.63, 3.8) is 0 Å². The molecule has 1 saturated heterocycles. The molecule has 3 rings (SSSR count). The molecule has 2 amide bonds. The van der Waals surface area contributed by atoms with Crippen molar-refractivity contribution in [2.75, 3.05) is 25.9 Å². The molecule has 0 saturated carbocycles. The van der Waals surface area contributed by atoms with Crippen molar-refractivity contribution in [2.45, 2.75) is 26.3 Å². The highest BCUT2D eigenvalue weighted by Gasteiger charge is 2.36. The number of anilines is 1. The van der Waals surface area contributed by atoms with E-state index >= 15 is 0 Å². The summed E-state index contributed by atoms with van der Waals surface area (Å²) in [6.45, 7) is 5.08. The van der Waals surface area contributed by atoms with Gasteiger partial charge in [0.2, 0.25) is 5.91 Å². The van der Waals surface area contributed by atoms with E-state index in [0.29, 0.717) is 36.3 Å². The molecule has 8 nitrogen and oxygen atoms in total. The molecule has 29 heavy (non-hydrogen) atoms. The number of piperazine rings is 1. The van der Waals surface area contributed by atoms with E-state index in [2.05, 4.69) is 9.97 Å². The zero-order valence-electron chi connectivity index (χ0n) is 16.8. The molecule has 2 N–H and O–H groups in total. The molecular formula is C21H24N6O2. The molecule has 1 aliphatic heterocycles. The number of likely N-dealkylation sites (N-methyl/N-ethyl adjacent to an activating group) is 1. The number of carbonyl (C=O) groups excluding carboxylic acids is 2. The third kappa shape index (κ3) is 4.19. The second-order valence-corrected chi connectivity index (χ2v) is 7.59. The van der Waals surface area contributed by atoms with Gasteiger partial charge in [-0.1, -0.05) is 26.0 Å². The van der Waals surface area contributed by atoms with Gasteiger partial charge in [0.05, 0.1) is 11.9 Å². The monoisotopic (exact) mass is 392 g/mol. The van der Waals surface area contributed by atoms with Gasteiger partial charge < -0.3 is 15.5 Å². The van der Waals surface area contributed by atoms with Crippen molar-refractivity contribution in [1.29, 1.82) is 5.26 Å². The van der Waals surface area contributed by atoms with Gasteiger partial charge in [-0.2, -0.15) is 5.26 Å². The van der Waals surface area contributed by atoms with Crippen LogP contribution in [0.5, 0.6) is 0 Å². The van der Waals surface area contributed by atoms with E-state index < -0.39 is 6.04 Å². The fourth-order valence-corrected chi connectivity index (χ4v) is 3.44. The average Bonchev–Trinajstić information content (AvgIpc) is 2.71. The minimum absolute atomic E-state index is 0.0276. The normalized spacial score (nSPS) is 16.8. The SMILES string of the molecule is CC(C)CC1C(=O)N(C)CCN1C(=O)c1cccc(-c2cnc(C#N)c(N)n2)c1. The highest BCUT2D eigenvalue weighted by atomic mass is 16.2. The summed E-state index contributed by atoms with van der Waals surface area (Å²) in [5.41, 5.74) is 7.44. The van der Waals surface area contributed by atoms with Crippen LogP contribution in [0.1, 0.15) is 36.3 Å². The molecular weight excluding hydrogens is 368 g/mol. The van der Waals surface area contributed by atoms with E-state index in [1.54, 1.807) is 41.1 Å². The Morgan fingerprint density at radius 2 is 2.14 bits per heavy atom. The number of benzene rings is 1. The van der Waals surface area contributed by atoms with Gasteiger partial charge in [0.25, 0.3) is 5.91 Å². The third-order valence-corrected chi connectivity index (χ3v) is 4.98. The summed E-state index contributed by atoms with van der Waals surface area (Å²) < 4.78 is 0. The standard InChI is InChI=1S/C21H24N6O2/c1-13(2)9-18-21(29)26(3)7-8-27(18)20(28)15-6-4-5-14(10-15)17-12-24-16(11-22)19(23)25-17/h4-6,10,12-13,18H,7-9H2,1-3H3,(H2,23,25). The Labute approximate surface area is 170 Å². The van der Waals surface area contributed by atoms with Gasteiger partial charge in [-0.3, -0.25) is 9.59 Å². The number of hydrogen-bond acceptors (Lipinski definition) is 6. The number of nitriles is 1. The first-order valence-corrected chi connectivity index (χ1v) is 9.50. The number of amides is 2. The van der Waals surface area contributed by atoms with E-state index in [1.165, 1.54) is 6.20 Å². The van der Waals surface area contributed by atoms with Gasteiger partial charge in [-0.25, -0.2) is 9.97 Å². The first-order chi connectivity index (χ1) is 13.8. The van der Waals surface area contributed by atoms with Crippen LogP contribution in [-0.2, 0) is 4.79 Å². The molecule has 1 atom stereocenters. The topological polar surface area (TPSA) is 116 Å². The van der Waals surface area contributed by atoms with Gasteiger partial charge in [0.1, 0.15) is 12.1 Å². The average molecular weight is 392 g/mol. The predicted octanol–water partition coefficient (Wildman–Crippen LogP) is 1.93. The molecule has 0 bridgehead atoms. The molecule has 1 aliphatic rings. The van der Waals surface area contributed by atoms with Crippen molar-refractivity contribution >= 4 is 17.6 Å². The fourth-order valence-electron chi connectivity index (χ4n) is 3.44. The number of nitrogen functional groups attached to an aromatic ring is 1. The highest BCUT2D eigenvalue weighted by Crippen LogP contribution is 2.24. The van der Waals surface area contributed by atoms with Gasteiger partial charge >= 0.3 is 0 Å². The van der Waals surface area contributed by atoms with Crippen LogP contribution in [0.15, 0.2) is 30.5 Å². The van der Waals surface area contributed by atoms with Crippen molar-refractivity contribution in [1.82, 2.24) is 19.8 Å². The summed E-state index contributed by atoms with van der Waals surface area (Å²) in [7, 11) is 1.77. The lowest BCUT2D eigenvalue weighted by Gasteiger charge is -2.40. The summed E-state index contributed by atoms with van der Waals surface area (Å²) in [4.78, 5) is 37.5. The first kappa shape index (κ1) is 20.3. The van der Waals surface area contributed by atoms with Crippen LogP contribution in [0.25, 0.3) is 11.3 Å². The Balaban J connectivity index is 1.91. The van der Waals surface area contributed by atoms with Gasteiger partial charge in [0.15, 0.2) is 11.5 Å². The number of carbonyl (C=O) groups is 2. The number of rotatable bonds is 4. The molecule has 0 spiro atoms. The molecule has 2 aromatic rings. The number of nitrogens with zero attached hydrogens (tertiary/aromatic N) is 5. The van der Waals surface area contributed by atoms with Crippen LogP contribution in [0.3, 0.4) is 0 Å². The maximum atomic E-state index is 13.2. The summed E-state index contributed by atoms with van der Waals surface area (Å²) in [5, 5.41) is 8.95. The number of hydrogen-bond donors (Lipinski definition) is 1. The Kier molecular flexibility index (Phi) is 5.78. The Bertz CT molecular complexity index is 981. The van der Waals surface area contributed by atoms with Crippen molar-refractivity contribution in [3.8, 4) is 17.3 Å². The molecule has 1 aromatic carbocycles. The molecule has 0 radical (unpaired) electrons. The third-order valence-electron chi connectivity index (χ3n) is 4.98. The lowest BCUT2D eigenvalue weighted by molar-refractivity contribution is -0.139. The van der Waals surface area contributed by atoms with Crippen molar-refractivity contribution in [2.24, 2.45) is 5.92 Å². The summed E-state index contributed by atoms with van der Waals surface area (Å²) in [5.74, 6) is 0.117. The van der Waals surface area contributed by atoms with Crippen LogP contribution in [0, 0.1) is 17.2 Å². The lowest BCUT2D eigenvalue weighted by atomic mass is 9.98. The fraction of sp³-hybridized carbons (Fsp3) is 0.381. The van der Waals surface area contributed by atoms with Crippen molar-refractivity contribution < 1.29 is 9.59 Å². The minimum atomic E-state index is -0.463. The molecule has 0 aliphatic carbocycles. The van der Waals surface area contributed by atoms with Crippen LogP contribution in [0.4, 0.5) is 5.82 Å².